The molecule has 0 atom stereocenters. The van der Waals surface area contributed by atoms with E-state index in [-0.39, 0.29) is 5.69 Å². The average Bonchev–Trinajstić information content (AvgIpc) is 2.49. The molecule has 0 fully saturated rings. The van der Waals surface area contributed by atoms with Crippen LogP contribution in [0.2, 0.25) is 0 Å². The van der Waals surface area contributed by atoms with Crippen LogP contribution in [0.3, 0.4) is 0 Å². The van der Waals surface area contributed by atoms with Gasteiger partial charge in [0, 0.05) is 37.6 Å². The molecule has 1 N–H and O–H groups in total. The molecule has 6 heteroatoms. The molecule has 0 spiro atoms. The van der Waals surface area contributed by atoms with Crippen molar-refractivity contribution in [2.75, 3.05) is 13.2 Å². The van der Waals surface area contributed by atoms with E-state index in [0.717, 1.165) is 12.1 Å². The van der Waals surface area contributed by atoms with E-state index in [9.17, 15) is 10.1 Å². The average molecular weight is 287 g/mol. The van der Waals surface area contributed by atoms with Gasteiger partial charge in [-0.3, -0.25) is 15.1 Å². The molecule has 2 aromatic rings. The van der Waals surface area contributed by atoms with Crippen molar-refractivity contribution in [3.8, 4) is 5.75 Å². The van der Waals surface area contributed by atoms with E-state index in [2.05, 4.69) is 10.3 Å². The Morgan fingerprint density at radius 2 is 2.05 bits per heavy atom. The number of ether oxygens (including phenoxy) is 1. The molecule has 1 aromatic carbocycles. The van der Waals surface area contributed by atoms with Gasteiger partial charge in [-0.05, 0) is 36.2 Å². The van der Waals surface area contributed by atoms with Gasteiger partial charge in [-0.2, -0.15) is 0 Å². The van der Waals surface area contributed by atoms with Gasteiger partial charge in [-0.25, -0.2) is 0 Å². The zero-order valence-electron chi connectivity index (χ0n) is 11.8. The highest BCUT2D eigenvalue weighted by atomic mass is 16.6. The Labute approximate surface area is 122 Å². The zero-order valence-corrected chi connectivity index (χ0v) is 11.8. The minimum absolute atomic E-state index is 0.0625. The van der Waals surface area contributed by atoms with Crippen molar-refractivity contribution in [2.45, 2.75) is 13.5 Å². The van der Waals surface area contributed by atoms with E-state index in [0.29, 0.717) is 18.9 Å². The fourth-order valence-electron chi connectivity index (χ4n) is 1.81. The first kappa shape index (κ1) is 14.9. The van der Waals surface area contributed by atoms with Gasteiger partial charge in [0.05, 0.1) is 4.92 Å². The van der Waals surface area contributed by atoms with Crippen molar-refractivity contribution in [3.63, 3.8) is 0 Å². The van der Waals surface area contributed by atoms with E-state index in [1.165, 1.54) is 17.7 Å². The van der Waals surface area contributed by atoms with Crippen LogP contribution in [0.15, 0.2) is 42.7 Å². The fourth-order valence-corrected chi connectivity index (χ4v) is 1.81. The van der Waals surface area contributed by atoms with Crippen molar-refractivity contribution >= 4 is 5.69 Å². The molecule has 0 aliphatic heterocycles. The van der Waals surface area contributed by atoms with Crippen molar-refractivity contribution in [1.29, 1.82) is 0 Å². The van der Waals surface area contributed by atoms with Crippen molar-refractivity contribution in [2.24, 2.45) is 0 Å². The summed E-state index contributed by atoms with van der Waals surface area (Å²) in [7, 11) is 0. The summed E-state index contributed by atoms with van der Waals surface area (Å²) in [4.78, 5) is 14.2. The maximum Gasteiger partial charge on any atom is 0.269 e. The summed E-state index contributed by atoms with van der Waals surface area (Å²) >= 11 is 0. The van der Waals surface area contributed by atoms with Gasteiger partial charge in [0.25, 0.3) is 5.69 Å². The Morgan fingerprint density at radius 1 is 1.29 bits per heavy atom. The second-order valence-electron chi connectivity index (χ2n) is 4.58. The zero-order chi connectivity index (χ0) is 15.1. The van der Waals surface area contributed by atoms with Crippen LogP contribution in [0.1, 0.15) is 11.1 Å². The molecule has 110 valence electrons. The summed E-state index contributed by atoms with van der Waals surface area (Å²) in [6, 6.07) is 8.04. The smallest absolute Gasteiger partial charge is 0.269 e. The highest BCUT2D eigenvalue weighted by Gasteiger charge is 2.04. The lowest BCUT2D eigenvalue weighted by atomic mass is 10.2. The lowest BCUT2D eigenvalue weighted by Crippen LogP contribution is -2.21. The molecule has 0 aliphatic rings. The number of aryl methyl sites for hydroxylation is 1. The third kappa shape index (κ3) is 4.54. The third-order valence-electron chi connectivity index (χ3n) is 3.06. The molecule has 0 saturated heterocycles. The van der Waals surface area contributed by atoms with E-state index < -0.39 is 4.92 Å². The van der Waals surface area contributed by atoms with Gasteiger partial charge < -0.3 is 10.1 Å². The summed E-state index contributed by atoms with van der Waals surface area (Å²) in [6.07, 6.45) is 3.62. The molecular formula is C15H17N3O3. The number of nitro benzene ring substituents is 1. The second kappa shape index (κ2) is 7.35. The summed E-state index contributed by atoms with van der Waals surface area (Å²) in [5, 5.41) is 13.8. The predicted molar refractivity (Wildman–Crippen MR) is 79.3 cm³/mol. The first-order valence-electron chi connectivity index (χ1n) is 6.64. The molecule has 6 nitrogen and oxygen atoms in total. The first-order valence-corrected chi connectivity index (χ1v) is 6.64. The van der Waals surface area contributed by atoms with Gasteiger partial charge in [0.1, 0.15) is 12.4 Å². The van der Waals surface area contributed by atoms with E-state index in [4.69, 9.17) is 4.74 Å². The van der Waals surface area contributed by atoms with Gasteiger partial charge in [0.15, 0.2) is 0 Å². The number of nitrogens with one attached hydrogen (secondary N) is 1. The van der Waals surface area contributed by atoms with Crippen LogP contribution in [0.25, 0.3) is 0 Å². The maximum atomic E-state index is 10.5. The second-order valence-corrected chi connectivity index (χ2v) is 4.58. The number of benzene rings is 1. The Hall–Kier alpha value is -2.47. The van der Waals surface area contributed by atoms with Gasteiger partial charge in [-0.15, -0.1) is 0 Å². The monoisotopic (exact) mass is 287 g/mol. The molecule has 0 saturated carbocycles. The topological polar surface area (TPSA) is 77.3 Å². The van der Waals surface area contributed by atoms with Crippen LogP contribution in [-0.2, 0) is 6.54 Å². The number of nitrogens with zero attached hydrogens (tertiary/aromatic N) is 2. The number of hydrogen-bond acceptors (Lipinski definition) is 5. The predicted octanol–water partition coefficient (Wildman–Crippen LogP) is 2.47. The molecule has 2 rings (SSSR count). The van der Waals surface area contributed by atoms with E-state index in [1.54, 1.807) is 18.3 Å². The Morgan fingerprint density at radius 3 is 2.71 bits per heavy atom. The van der Waals surface area contributed by atoms with Crippen molar-refractivity contribution in [1.82, 2.24) is 10.3 Å². The molecule has 1 heterocycles. The number of pyridine rings is 1. The van der Waals surface area contributed by atoms with E-state index >= 15 is 0 Å². The standard InChI is InChI=1S/C15H17N3O3/c1-12-6-7-16-10-13(12)11-17-8-9-21-15-4-2-14(3-5-15)18(19)20/h2-7,10,17H,8-9,11H2,1H3. The lowest BCUT2D eigenvalue weighted by molar-refractivity contribution is -0.384. The summed E-state index contributed by atoms with van der Waals surface area (Å²) < 4.78 is 5.51. The number of non-ortho nitro benzene ring substituents is 1. The maximum absolute atomic E-state index is 10.5. The lowest BCUT2D eigenvalue weighted by Gasteiger charge is -2.08. The molecule has 0 unspecified atom stereocenters. The van der Waals surface area contributed by atoms with Crippen molar-refractivity contribution in [3.05, 3.63) is 64.0 Å². The highest BCUT2D eigenvalue weighted by Crippen LogP contribution is 2.16. The summed E-state index contributed by atoms with van der Waals surface area (Å²) in [5.41, 5.74) is 2.43. The molecular weight excluding hydrogens is 270 g/mol. The summed E-state index contributed by atoms with van der Waals surface area (Å²) in [6.45, 7) is 3.97. The molecule has 0 bridgehead atoms. The number of rotatable bonds is 7. The Kier molecular flexibility index (Phi) is 5.22. The molecule has 1 aromatic heterocycles. The molecule has 21 heavy (non-hydrogen) atoms. The minimum Gasteiger partial charge on any atom is -0.492 e. The SMILES string of the molecule is Cc1ccncc1CNCCOc1ccc([N+](=O)[O-])cc1. The minimum atomic E-state index is -0.429. The quantitative estimate of drug-likeness (QED) is 0.481. The molecule has 0 amide bonds. The number of hydrogen-bond donors (Lipinski definition) is 1. The fraction of sp³-hybridized carbons (Fsp3) is 0.267. The Balaban J connectivity index is 1.70. The van der Waals surface area contributed by atoms with Gasteiger partial charge in [-0.1, -0.05) is 0 Å². The molecule has 0 radical (unpaired) electrons. The number of nitro groups is 1. The highest BCUT2D eigenvalue weighted by molar-refractivity contribution is 5.35. The Bertz CT molecular complexity index is 599. The molecule has 0 aliphatic carbocycles. The normalized spacial score (nSPS) is 10.3. The van der Waals surface area contributed by atoms with Crippen LogP contribution >= 0.6 is 0 Å². The summed E-state index contributed by atoms with van der Waals surface area (Å²) in [5.74, 6) is 0.625. The van der Waals surface area contributed by atoms with Crippen LogP contribution in [0.5, 0.6) is 5.75 Å². The van der Waals surface area contributed by atoms with Crippen LogP contribution in [-0.4, -0.2) is 23.1 Å². The largest absolute Gasteiger partial charge is 0.492 e. The van der Waals surface area contributed by atoms with Gasteiger partial charge in [0.2, 0.25) is 0 Å². The van der Waals surface area contributed by atoms with Crippen LogP contribution in [0.4, 0.5) is 5.69 Å². The van der Waals surface area contributed by atoms with Crippen molar-refractivity contribution < 1.29 is 9.66 Å². The van der Waals surface area contributed by atoms with Crippen LogP contribution < -0.4 is 10.1 Å². The third-order valence-corrected chi connectivity index (χ3v) is 3.06. The number of aromatic nitrogens is 1. The van der Waals surface area contributed by atoms with Gasteiger partial charge >= 0.3 is 0 Å². The van der Waals surface area contributed by atoms with Crippen LogP contribution in [0, 0.1) is 17.0 Å². The first-order chi connectivity index (χ1) is 10.2. The van der Waals surface area contributed by atoms with E-state index in [1.807, 2.05) is 19.2 Å².